The van der Waals surface area contributed by atoms with E-state index in [1.165, 1.54) is 16.7 Å². The molecule has 2 heterocycles. The van der Waals surface area contributed by atoms with Crippen LogP contribution in [0.5, 0.6) is 0 Å². The molecule has 0 amide bonds. The quantitative estimate of drug-likeness (QED) is 0.879. The fourth-order valence-electron chi connectivity index (χ4n) is 1.94. The Kier molecular flexibility index (Phi) is 4.50. The zero-order valence-electron chi connectivity index (χ0n) is 11.7. The topological polar surface area (TPSA) is 98.9 Å². The molecule has 7 heteroatoms. The van der Waals surface area contributed by atoms with Crippen molar-refractivity contribution in [3.05, 3.63) is 39.1 Å². The Hall–Kier alpha value is -2.46. The molecular weight excluding hydrogens is 288 g/mol. The highest BCUT2D eigenvalue weighted by Gasteiger charge is 2.10. The summed E-state index contributed by atoms with van der Waals surface area (Å²) in [6.45, 7) is 4.25. The van der Waals surface area contributed by atoms with Gasteiger partial charge in [-0.05, 0) is 19.9 Å². The zero-order valence-corrected chi connectivity index (χ0v) is 12.5. The van der Waals surface area contributed by atoms with E-state index < -0.39 is 5.97 Å². The number of carboxylic acids is 1. The Morgan fingerprint density at radius 3 is 2.86 bits per heavy atom. The minimum atomic E-state index is -1.02. The van der Waals surface area contributed by atoms with Gasteiger partial charge in [-0.2, -0.15) is 5.26 Å². The molecule has 0 atom stereocenters. The number of aromatic nitrogens is 2. The number of hydrogen-bond acceptors (Lipinski definition) is 6. The molecule has 0 fully saturated rings. The molecule has 2 N–H and O–H groups in total. The van der Waals surface area contributed by atoms with E-state index >= 15 is 0 Å². The standard InChI is InChI=1S/C14H14N4O2S/c1-8-5-11(10(6-15)9(2)17-8)16-4-3-13-18-12(7-21-13)14(19)20/h5,7H,3-4H2,1-2H3,(H,16,17)(H,19,20). The molecule has 2 aromatic rings. The van der Waals surface area contributed by atoms with Crippen LogP contribution in [0, 0.1) is 25.2 Å². The molecule has 108 valence electrons. The maximum Gasteiger partial charge on any atom is 0.355 e. The predicted octanol–water partition coefficient (Wildman–Crippen LogP) is 2.38. The zero-order chi connectivity index (χ0) is 15.4. The Bertz CT molecular complexity index is 718. The van der Waals surface area contributed by atoms with Gasteiger partial charge in [0.05, 0.1) is 22.0 Å². The van der Waals surface area contributed by atoms with E-state index in [0.717, 1.165) is 16.4 Å². The van der Waals surface area contributed by atoms with Crippen molar-refractivity contribution in [2.24, 2.45) is 0 Å². The summed E-state index contributed by atoms with van der Waals surface area (Å²) < 4.78 is 0. The lowest BCUT2D eigenvalue weighted by atomic mass is 10.1. The van der Waals surface area contributed by atoms with Gasteiger partial charge in [-0.15, -0.1) is 11.3 Å². The molecular formula is C14H14N4O2S. The second-order valence-electron chi connectivity index (χ2n) is 4.49. The van der Waals surface area contributed by atoms with E-state index in [1.54, 1.807) is 6.92 Å². The summed E-state index contributed by atoms with van der Waals surface area (Å²) in [5, 5.41) is 23.4. The number of nitriles is 1. The Morgan fingerprint density at radius 1 is 1.48 bits per heavy atom. The fraction of sp³-hybridized carbons (Fsp3) is 0.286. The molecule has 0 aliphatic carbocycles. The smallest absolute Gasteiger partial charge is 0.355 e. The van der Waals surface area contributed by atoms with Crippen LogP contribution in [0.3, 0.4) is 0 Å². The van der Waals surface area contributed by atoms with E-state index in [2.05, 4.69) is 21.4 Å². The monoisotopic (exact) mass is 302 g/mol. The van der Waals surface area contributed by atoms with Crippen molar-refractivity contribution >= 4 is 23.0 Å². The number of thiazole rings is 1. The highest BCUT2D eigenvalue weighted by molar-refractivity contribution is 7.09. The molecule has 0 aromatic carbocycles. The molecule has 0 aliphatic rings. The SMILES string of the molecule is Cc1cc(NCCc2nc(C(=O)O)cs2)c(C#N)c(C)n1. The summed E-state index contributed by atoms with van der Waals surface area (Å²) in [6, 6.07) is 3.97. The number of aromatic carboxylic acids is 1. The maximum atomic E-state index is 10.8. The maximum absolute atomic E-state index is 10.8. The Balaban J connectivity index is 2.03. The normalized spacial score (nSPS) is 10.1. The fourth-order valence-corrected chi connectivity index (χ4v) is 2.71. The first-order valence-corrected chi connectivity index (χ1v) is 7.19. The van der Waals surface area contributed by atoms with E-state index in [-0.39, 0.29) is 5.69 Å². The van der Waals surface area contributed by atoms with Crippen molar-refractivity contribution in [3.63, 3.8) is 0 Å². The van der Waals surface area contributed by atoms with Crippen molar-refractivity contribution in [1.29, 1.82) is 5.26 Å². The summed E-state index contributed by atoms with van der Waals surface area (Å²) in [5.74, 6) is -1.02. The third kappa shape index (κ3) is 3.55. The number of nitrogens with zero attached hydrogens (tertiary/aromatic N) is 3. The molecule has 0 bridgehead atoms. The summed E-state index contributed by atoms with van der Waals surface area (Å²) >= 11 is 1.32. The summed E-state index contributed by atoms with van der Waals surface area (Å²) in [5.41, 5.74) is 2.89. The van der Waals surface area contributed by atoms with Crippen molar-refractivity contribution in [1.82, 2.24) is 9.97 Å². The molecule has 0 saturated carbocycles. The molecule has 2 aromatic heterocycles. The van der Waals surface area contributed by atoms with Gasteiger partial charge in [-0.25, -0.2) is 9.78 Å². The molecule has 0 unspecified atom stereocenters. The molecule has 2 rings (SSSR count). The number of aryl methyl sites for hydroxylation is 2. The number of pyridine rings is 1. The molecule has 0 spiro atoms. The average Bonchev–Trinajstić information content (AvgIpc) is 2.87. The lowest BCUT2D eigenvalue weighted by Crippen LogP contribution is -2.08. The van der Waals surface area contributed by atoms with Crippen molar-refractivity contribution < 1.29 is 9.90 Å². The number of carbonyl (C=O) groups is 1. The van der Waals surface area contributed by atoms with Crippen LogP contribution >= 0.6 is 11.3 Å². The largest absolute Gasteiger partial charge is 0.476 e. The summed E-state index contributed by atoms with van der Waals surface area (Å²) in [4.78, 5) is 19.0. The molecule has 0 radical (unpaired) electrons. The van der Waals surface area contributed by atoms with Gasteiger partial charge in [0.15, 0.2) is 5.69 Å². The van der Waals surface area contributed by atoms with Gasteiger partial charge >= 0.3 is 5.97 Å². The third-order valence-corrected chi connectivity index (χ3v) is 3.77. The lowest BCUT2D eigenvalue weighted by Gasteiger charge is -2.10. The first-order valence-electron chi connectivity index (χ1n) is 6.31. The Morgan fingerprint density at radius 2 is 2.24 bits per heavy atom. The first-order chi connectivity index (χ1) is 10.0. The van der Waals surface area contributed by atoms with Gasteiger partial charge in [-0.1, -0.05) is 0 Å². The van der Waals surface area contributed by atoms with Crippen LogP contribution in [0.2, 0.25) is 0 Å². The predicted molar refractivity (Wildman–Crippen MR) is 79.7 cm³/mol. The van der Waals surface area contributed by atoms with E-state index in [4.69, 9.17) is 10.4 Å². The van der Waals surface area contributed by atoms with Crippen LogP contribution in [0.15, 0.2) is 11.4 Å². The minimum absolute atomic E-state index is 0.0725. The third-order valence-electron chi connectivity index (χ3n) is 2.87. The van der Waals surface area contributed by atoms with Gasteiger partial charge < -0.3 is 10.4 Å². The van der Waals surface area contributed by atoms with Crippen molar-refractivity contribution in [2.45, 2.75) is 20.3 Å². The molecule has 0 saturated heterocycles. The number of anilines is 1. The number of rotatable bonds is 5. The highest BCUT2D eigenvalue weighted by Crippen LogP contribution is 2.19. The van der Waals surface area contributed by atoms with E-state index in [1.807, 2.05) is 13.0 Å². The van der Waals surface area contributed by atoms with Gasteiger partial charge in [0, 0.05) is 24.0 Å². The minimum Gasteiger partial charge on any atom is -0.476 e. The van der Waals surface area contributed by atoms with Crippen molar-refractivity contribution in [2.75, 3.05) is 11.9 Å². The Labute approximate surface area is 126 Å². The van der Waals surface area contributed by atoms with Crippen LogP contribution < -0.4 is 5.32 Å². The lowest BCUT2D eigenvalue weighted by molar-refractivity contribution is 0.0691. The highest BCUT2D eigenvalue weighted by atomic mass is 32.1. The second-order valence-corrected chi connectivity index (χ2v) is 5.43. The number of hydrogen-bond donors (Lipinski definition) is 2. The summed E-state index contributed by atoms with van der Waals surface area (Å²) in [7, 11) is 0. The van der Waals surface area contributed by atoms with E-state index in [0.29, 0.717) is 24.2 Å². The van der Waals surface area contributed by atoms with E-state index in [9.17, 15) is 4.79 Å². The number of carboxylic acid groups (broad SMARTS) is 1. The van der Waals surface area contributed by atoms with Crippen LogP contribution in [-0.2, 0) is 6.42 Å². The van der Waals surface area contributed by atoms with Crippen LogP contribution in [0.4, 0.5) is 5.69 Å². The van der Waals surface area contributed by atoms with Crippen LogP contribution in [0.25, 0.3) is 0 Å². The average molecular weight is 302 g/mol. The molecule has 21 heavy (non-hydrogen) atoms. The summed E-state index contributed by atoms with van der Waals surface area (Å²) in [6.07, 6.45) is 0.600. The molecule has 6 nitrogen and oxygen atoms in total. The van der Waals surface area contributed by atoms with Gasteiger partial charge in [-0.3, -0.25) is 4.98 Å². The van der Waals surface area contributed by atoms with Crippen molar-refractivity contribution in [3.8, 4) is 6.07 Å². The van der Waals surface area contributed by atoms with Crippen LogP contribution in [0.1, 0.15) is 32.4 Å². The molecule has 0 aliphatic heterocycles. The first kappa shape index (κ1) is 14.9. The van der Waals surface area contributed by atoms with Gasteiger partial charge in [0.1, 0.15) is 6.07 Å². The van der Waals surface area contributed by atoms with Gasteiger partial charge in [0.2, 0.25) is 0 Å². The second kappa shape index (κ2) is 6.33. The number of nitrogens with one attached hydrogen (secondary N) is 1. The van der Waals surface area contributed by atoms with Crippen LogP contribution in [-0.4, -0.2) is 27.6 Å². The van der Waals surface area contributed by atoms with Gasteiger partial charge in [0.25, 0.3) is 0 Å².